The summed E-state index contributed by atoms with van der Waals surface area (Å²) in [5.41, 5.74) is 0.877. The maximum atomic E-state index is 10.6. The van der Waals surface area contributed by atoms with Crippen molar-refractivity contribution in [2.24, 2.45) is 0 Å². The Balaban J connectivity index is 1.88. The second kappa shape index (κ2) is 5.66. The number of carboxylic acid groups (broad SMARTS) is 1. The van der Waals surface area contributed by atoms with Crippen LogP contribution in [0.3, 0.4) is 0 Å². The second-order valence-electron chi connectivity index (χ2n) is 3.68. The third-order valence-corrected chi connectivity index (χ3v) is 2.72. The molecule has 94 valence electrons. The lowest BCUT2D eigenvalue weighted by Gasteiger charge is -2.04. The Morgan fingerprint density at radius 1 is 1.39 bits per heavy atom. The number of aromatic nitrogens is 1. The standard InChI is InChI=1S/C12H11ClN2O3/c13-10-4-2-1-3-8(10)6-14-7-9-5-11(12(16)17)15-18-9/h1-5,14H,6-7H2,(H,16,17). The fourth-order valence-corrected chi connectivity index (χ4v) is 1.66. The van der Waals surface area contributed by atoms with Crippen LogP contribution in [0.15, 0.2) is 34.9 Å². The van der Waals surface area contributed by atoms with Gasteiger partial charge >= 0.3 is 5.97 Å². The highest BCUT2D eigenvalue weighted by Crippen LogP contribution is 2.14. The van der Waals surface area contributed by atoms with Crippen molar-refractivity contribution in [2.45, 2.75) is 13.1 Å². The normalized spacial score (nSPS) is 10.5. The minimum atomic E-state index is -1.10. The lowest BCUT2D eigenvalue weighted by atomic mass is 10.2. The van der Waals surface area contributed by atoms with E-state index in [0.717, 1.165) is 5.56 Å². The third kappa shape index (κ3) is 3.09. The smallest absolute Gasteiger partial charge is 0.358 e. The van der Waals surface area contributed by atoms with E-state index in [4.69, 9.17) is 21.2 Å². The molecule has 0 saturated heterocycles. The summed E-state index contributed by atoms with van der Waals surface area (Å²) in [5.74, 6) is -0.629. The van der Waals surface area contributed by atoms with E-state index >= 15 is 0 Å². The van der Waals surface area contributed by atoms with Crippen molar-refractivity contribution in [3.63, 3.8) is 0 Å². The van der Waals surface area contributed by atoms with Crippen molar-refractivity contribution in [3.8, 4) is 0 Å². The molecule has 2 rings (SSSR count). The van der Waals surface area contributed by atoms with Crippen molar-refractivity contribution in [1.82, 2.24) is 10.5 Å². The second-order valence-corrected chi connectivity index (χ2v) is 4.09. The molecule has 0 radical (unpaired) electrons. The van der Waals surface area contributed by atoms with E-state index in [1.54, 1.807) is 0 Å². The van der Waals surface area contributed by atoms with Gasteiger partial charge < -0.3 is 14.9 Å². The van der Waals surface area contributed by atoms with Crippen molar-refractivity contribution >= 4 is 17.6 Å². The van der Waals surface area contributed by atoms with Gasteiger partial charge in [-0.2, -0.15) is 0 Å². The van der Waals surface area contributed by atoms with Crippen molar-refractivity contribution in [1.29, 1.82) is 0 Å². The van der Waals surface area contributed by atoms with Crippen LogP contribution in [0.25, 0.3) is 0 Å². The Morgan fingerprint density at radius 3 is 2.83 bits per heavy atom. The number of benzene rings is 1. The molecule has 0 spiro atoms. The molecule has 1 aromatic heterocycles. The van der Waals surface area contributed by atoms with E-state index in [0.29, 0.717) is 23.9 Å². The Morgan fingerprint density at radius 2 is 2.17 bits per heavy atom. The molecule has 1 heterocycles. The van der Waals surface area contributed by atoms with E-state index in [1.165, 1.54) is 6.07 Å². The molecule has 5 nitrogen and oxygen atoms in total. The fraction of sp³-hybridized carbons (Fsp3) is 0.167. The van der Waals surface area contributed by atoms with Gasteiger partial charge in [0.15, 0.2) is 11.5 Å². The zero-order valence-electron chi connectivity index (χ0n) is 9.39. The molecule has 18 heavy (non-hydrogen) atoms. The number of aromatic carboxylic acids is 1. The first-order chi connectivity index (χ1) is 8.66. The maximum absolute atomic E-state index is 10.6. The van der Waals surface area contributed by atoms with Gasteiger partial charge in [-0.1, -0.05) is 35.0 Å². The molecular weight excluding hydrogens is 256 g/mol. The number of hydrogen-bond acceptors (Lipinski definition) is 4. The van der Waals surface area contributed by atoms with E-state index in [9.17, 15) is 4.79 Å². The molecule has 0 aliphatic heterocycles. The van der Waals surface area contributed by atoms with Crippen LogP contribution < -0.4 is 5.32 Å². The Kier molecular flexibility index (Phi) is 3.96. The first-order valence-corrected chi connectivity index (χ1v) is 5.67. The monoisotopic (exact) mass is 266 g/mol. The van der Waals surface area contributed by atoms with Crippen LogP contribution >= 0.6 is 11.6 Å². The van der Waals surface area contributed by atoms with Gasteiger partial charge in [0.1, 0.15) is 0 Å². The average molecular weight is 267 g/mol. The number of rotatable bonds is 5. The van der Waals surface area contributed by atoms with Crippen LogP contribution in [-0.4, -0.2) is 16.2 Å². The number of carbonyl (C=O) groups is 1. The summed E-state index contributed by atoms with van der Waals surface area (Å²) in [6.07, 6.45) is 0. The van der Waals surface area contributed by atoms with Crippen LogP contribution in [-0.2, 0) is 13.1 Å². The zero-order chi connectivity index (χ0) is 13.0. The molecule has 0 bridgehead atoms. The minimum Gasteiger partial charge on any atom is -0.476 e. The van der Waals surface area contributed by atoms with Gasteiger partial charge in [-0.05, 0) is 11.6 Å². The first kappa shape index (κ1) is 12.6. The Hall–Kier alpha value is -1.85. The predicted molar refractivity (Wildman–Crippen MR) is 65.5 cm³/mol. The molecular formula is C12H11ClN2O3. The topological polar surface area (TPSA) is 75.4 Å². The highest BCUT2D eigenvalue weighted by molar-refractivity contribution is 6.31. The summed E-state index contributed by atoms with van der Waals surface area (Å²) in [4.78, 5) is 10.6. The van der Waals surface area contributed by atoms with Gasteiger partial charge in [-0.3, -0.25) is 0 Å². The number of nitrogens with zero attached hydrogens (tertiary/aromatic N) is 1. The SMILES string of the molecule is O=C(O)c1cc(CNCc2ccccc2Cl)on1. The summed E-state index contributed by atoms with van der Waals surface area (Å²) in [5, 5.41) is 15.9. The van der Waals surface area contributed by atoms with Gasteiger partial charge in [-0.15, -0.1) is 0 Å². The third-order valence-electron chi connectivity index (χ3n) is 2.35. The molecule has 0 fully saturated rings. The summed E-state index contributed by atoms with van der Waals surface area (Å²) >= 11 is 6.00. The highest BCUT2D eigenvalue weighted by Gasteiger charge is 2.10. The van der Waals surface area contributed by atoms with Crippen molar-refractivity contribution in [2.75, 3.05) is 0 Å². The molecule has 2 N–H and O–H groups in total. The minimum absolute atomic E-state index is 0.0930. The molecule has 0 amide bonds. The summed E-state index contributed by atoms with van der Waals surface area (Å²) in [7, 11) is 0. The quantitative estimate of drug-likeness (QED) is 0.869. The first-order valence-electron chi connectivity index (χ1n) is 5.30. The zero-order valence-corrected chi connectivity index (χ0v) is 10.1. The summed E-state index contributed by atoms with van der Waals surface area (Å²) in [6, 6.07) is 8.89. The molecule has 0 saturated carbocycles. The average Bonchev–Trinajstić information content (AvgIpc) is 2.80. The number of nitrogens with one attached hydrogen (secondary N) is 1. The van der Waals surface area contributed by atoms with Gasteiger partial charge in [0, 0.05) is 17.6 Å². The van der Waals surface area contributed by atoms with E-state index < -0.39 is 5.97 Å². The van der Waals surface area contributed by atoms with Crippen LogP contribution in [0.2, 0.25) is 5.02 Å². The van der Waals surface area contributed by atoms with Crippen molar-refractivity contribution in [3.05, 3.63) is 52.4 Å². The lowest BCUT2D eigenvalue weighted by molar-refractivity contribution is 0.0685. The molecule has 1 aromatic carbocycles. The van der Waals surface area contributed by atoms with Crippen LogP contribution in [0.1, 0.15) is 21.8 Å². The highest BCUT2D eigenvalue weighted by atomic mass is 35.5. The van der Waals surface area contributed by atoms with E-state index in [-0.39, 0.29) is 5.69 Å². The fourth-order valence-electron chi connectivity index (χ4n) is 1.46. The van der Waals surface area contributed by atoms with Crippen molar-refractivity contribution < 1.29 is 14.4 Å². The summed E-state index contributed by atoms with van der Waals surface area (Å²) in [6.45, 7) is 0.967. The van der Waals surface area contributed by atoms with Crippen LogP contribution in [0, 0.1) is 0 Å². The molecule has 0 unspecified atom stereocenters. The molecule has 0 atom stereocenters. The van der Waals surface area contributed by atoms with Gasteiger partial charge in [0.05, 0.1) is 6.54 Å². The van der Waals surface area contributed by atoms with E-state index in [2.05, 4.69) is 10.5 Å². The van der Waals surface area contributed by atoms with Crippen LogP contribution in [0.4, 0.5) is 0 Å². The largest absolute Gasteiger partial charge is 0.476 e. The lowest BCUT2D eigenvalue weighted by Crippen LogP contribution is -2.12. The van der Waals surface area contributed by atoms with Crippen LogP contribution in [0.5, 0.6) is 0 Å². The predicted octanol–water partition coefficient (Wildman–Crippen LogP) is 2.32. The summed E-state index contributed by atoms with van der Waals surface area (Å²) < 4.78 is 4.87. The number of halogens is 1. The molecule has 0 aliphatic rings. The maximum Gasteiger partial charge on any atom is 0.358 e. The van der Waals surface area contributed by atoms with Gasteiger partial charge in [0.25, 0.3) is 0 Å². The molecule has 2 aromatic rings. The molecule has 0 aliphatic carbocycles. The Labute approximate surface area is 108 Å². The Bertz CT molecular complexity index is 554. The molecule has 6 heteroatoms. The van der Waals surface area contributed by atoms with E-state index in [1.807, 2.05) is 24.3 Å². The number of carboxylic acids is 1. The van der Waals surface area contributed by atoms with Gasteiger partial charge in [-0.25, -0.2) is 4.79 Å². The number of hydrogen-bond donors (Lipinski definition) is 2. The van der Waals surface area contributed by atoms with Gasteiger partial charge in [0.2, 0.25) is 0 Å².